The summed E-state index contributed by atoms with van der Waals surface area (Å²) in [7, 11) is -3.81. The van der Waals surface area contributed by atoms with E-state index in [0.717, 1.165) is 10.9 Å². The molecule has 3 rings (SSSR count). The third kappa shape index (κ3) is 2.55. The third-order valence-electron chi connectivity index (χ3n) is 3.65. The molecule has 120 valence electrons. The molecule has 0 amide bonds. The maximum atomic E-state index is 12.0. The van der Waals surface area contributed by atoms with Gasteiger partial charge in [-0.2, -0.15) is 0 Å². The van der Waals surface area contributed by atoms with Crippen LogP contribution in [0.5, 0.6) is 0 Å². The Labute approximate surface area is 132 Å². The van der Waals surface area contributed by atoms with E-state index in [-0.39, 0.29) is 17.2 Å². The van der Waals surface area contributed by atoms with Gasteiger partial charge >= 0.3 is 5.97 Å². The number of carbonyl (C=O) groups excluding carboxylic acids is 1. The molecule has 0 aliphatic rings. The number of primary sulfonamides is 1. The van der Waals surface area contributed by atoms with Crippen LogP contribution >= 0.6 is 0 Å². The molecule has 0 saturated heterocycles. The van der Waals surface area contributed by atoms with E-state index in [1.807, 2.05) is 0 Å². The van der Waals surface area contributed by atoms with E-state index in [4.69, 9.17) is 9.88 Å². The third-order valence-corrected chi connectivity index (χ3v) is 4.56. The summed E-state index contributed by atoms with van der Waals surface area (Å²) in [6.45, 7) is 3.72. The average Bonchev–Trinajstić information content (AvgIpc) is 2.85. The van der Waals surface area contributed by atoms with Gasteiger partial charge in [0.05, 0.1) is 23.2 Å². The number of aromatic amines is 1. The molecule has 3 aromatic rings. The Morgan fingerprint density at radius 1 is 1.35 bits per heavy atom. The highest BCUT2D eigenvalue weighted by Gasteiger charge is 2.18. The number of fused-ring (bicyclic) bond motifs is 3. The summed E-state index contributed by atoms with van der Waals surface area (Å²) < 4.78 is 28.1. The molecule has 0 spiro atoms. The van der Waals surface area contributed by atoms with E-state index in [1.165, 1.54) is 18.3 Å². The van der Waals surface area contributed by atoms with Crippen LogP contribution in [0.1, 0.15) is 23.0 Å². The Morgan fingerprint density at radius 3 is 2.74 bits per heavy atom. The van der Waals surface area contributed by atoms with Gasteiger partial charge in [-0.05, 0) is 37.6 Å². The molecule has 0 fully saturated rings. The van der Waals surface area contributed by atoms with Crippen molar-refractivity contribution in [3.05, 3.63) is 35.7 Å². The Morgan fingerprint density at radius 2 is 2.09 bits per heavy atom. The molecule has 2 heterocycles. The van der Waals surface area contributed by atoms with Crippen LogP contribution in [0, 0.1) is 6.92 Å². The fourth-order valence-corrected chi connectivity index (χ4v) is 3.16. The van der Waals surface area contributed by atoms with Gasteiger partial charge in [-0.3, -0.25) is 0 Å². The molecule has 1 aromatic carbocycles. The van der Waals surface area contributed by atoms with Crippen LogP contribution in [0.15, 0.2) is 29.3 Å². The summed E-state index contributed by atoms with van der Waals surface area (Å²) in [5.41, 5.74) is 2.27. The predicted octanol–water partition coefficient (Wildman–Crippen LogP) is 1.85. The van der Waals surface area contributed by atoms with Crippen LogP contribution in [0.2, 0.25) is 0 Å². The van der Waals surface area contributed by atoms with E-state index >= 15 is 0 Å². The molecule has 0 aliphatic heterocycles. The lowest BCUT2D eigenvalue weighted by Gasteiger charge is -2.06. The topological polar surface area (TPSA) is 115 Å². The van der Waals surface area contributed by atoms with E-state index in [2.05, 4.69) is 9.97 Å². The van der Waals surface area contributed by atoms with Crippen LogP contribution in [0.3, 0.4) is 0 Å². The molecule has 7 nitrogen and oxygen atoms in total. The minimum Gasteiger partial charge on any atom is -0.461 e. The highest BCUT2D eigenvalue weighted by molar-refractivity contribution is 7.89. The van der Waals surface area contributed by atoms with Crippen LogP contribution in [0.25, 0.3) is 21.8 Å². The largest absolute Gasteiger partial charge is 0.461 e. The number of esters is 1. The number of rotatable bonds is 3. The lowest BCUT2D eigenvalue weighted by molar-refractivity contribution is 0.0519. The highest BCUT2D eigenvalue weighted by Crippen LogP contribution is 2.30. The molecule has 23 heavy (non-hydrogen) atoms. The van der Waals surface area contributed by atoms with E-state index in [1.54, 1.807) is 19.9 Å². The van der Waals surface area contributed by atoms with Crippen LogP contribution in [-0.4, -0.2) is 31.0 Å². The molecular formula is C15H15N3O4S. The molecule has 0 radical (unpaired) electrons. The van der Waals surface area contributed by atoms with Crippen molar-refractivity contribution in [2.24, 2.45) is 5.14 Å². The first-order chi connectivity index (χ1) is 10.8. The maximum absolute atomic E-state index is 12.0. The summed E-state index contributed by atoms with van der Waals surface area (Å²) >= 11 is 0. The molecule has 0 bridgehead atoms. The van der Waals surface area contributed by atoms with Gasteiger partial charge in [-0.1, -0.05) is 0 Å². The van der Waals surface area contributed by atoms with Crippen molar-refractivity contribution in [1.29, 1.82) is 0 Å². The second-order valence-corrected chi connectivity index (χ2v) is 6.68. The number of nitrogens with zero attached hydrogens (tertiary/aromatic N) is 1. The highest BCUT2D eigenvalue weighted by atomic mass is 32.2. The number of hydrogen-bond acceptors (Lipinski definition) is 5. The minimum atomic E-state index is -3.81. The molecule has 2 aromatic heterocycles. The van der Waals surface area contributed by atoms with Crippen molar-refractivity contribution in [2.75, 3.05) is 6.61 Å². The van der Waals surface area contributed by atoms with Gasteiger partial charge in [0.2, 0.25) is 10.0 Å². The van der Waals surface area contributed by atoms with Crippen molar-refractivity contribution in [3.63, 3.8) is 0 Å². The number of pyridine rings is 1. The van der Waals surface area contributed by atoms with Crippen molar-refractivity contribution < 1.29 is 17.9 Å². The Balaban J connectivity index is 2.34. The Bertz CT molecular complexity index is 1040. The minimum absolute atomic E-state index is 0.0137. The Hall–Kier alpha value is -2.45. The molecule has 0 saturated carbocycles. The van der Waals surface area contributed by atoms with Crippen molar-refractivity contribution in [1.82, 2.24) is 9.97 Å². The summed E-state index contributed by atoms with van der Waals surface area (Å²) in [6.07, 6.45) is 1.53. The monoisotopic (exact) mass is 333 g/mol. The van der Waals surface area contributed by atoms with Gasteiger partial charge in [-0.15, -0.1) is 0 Å². The lowest BCUT2D eigenvalue weighted by Crippen LogP contribution is -2.11. The molecule has 0 unspecified atom stereocenters. The lowest BCUT2D eigenvalue weighted by atomic mass is 10.1. The molecular weight excluding hydrogens is 318 g/mol. The number of sulfonamides is 1. The second-order valence-electron chi connectivity index (χ2n) is 5.12. The van der Waals surface area contributed by atoms with Gasteiger partial charge in [0.15, 0.2) is 5.69 Å². The molecule has 0 aliphatic carbocycles. The zero-order valence-corrected chi connectivity index (χ0v) is 13.4. The zero-order chi connectivity index (χ0) is 16.8. The van der Waals surface area contributed by atoms with Crippen molar-refractivity contribution in [2.45, 2.75) is 18.7 Å². The predicted molar refractivity (Wildman–Crippen MR) is 85.7 cm³/mol. The number of H-pyrrole nitrogens is 1. The fourth-order valence-electron chi connectivity index (χ4n) is 2.62. The van der Waals surface area contributed by atoms with Gasteiger partial charge in [0, 0.05) is 16.3 Å². The van der Waals surface area contributed by atoms with Gasteiger partial charge in [-0.25, -0.2) is 23.3 Å². The first-order valence-electron chi connectivity index (χ1n) is 6.94. The summed E-state index contributed by atoms with van der Waals surface area (Å²) in [5.74, 6) is -0.510. The van der Waals surface area contributed by atoms with E-state index < -0.39 is 16.0 Å². The summed E-state index contributed by atoms with van der Waals surface area (Å²) in [6, 6.07) is 4.56. The van der Waals surface area contributed by atoms with E-state index in [9.17, 15) is 13.2 Å². The van der Waals surface area contributed by atoms with Crippen molar-refractivity contribution >= 4 is 37.8 Å². The van der Waals surface area contributed by atoms with Gasteiger partial charge in [0.25, 0.3) is 0 Å². The SMILES string of the molecule is CCOC(=O)c1ncc2[nH]c3ccc(S(N)(=O)=O)cc3c2c1C. The summed E-state index contributed by atoms with van der Waals surface area (Å²) in [5, 5.41) is 6.58. The van der Waals surface area contributed by atoms with Crippen LogP contribution in [0.4, 0.5) is 0 Å². The molecule has 8 heteroatoms. The average molecular weight is 333 g/mol. The van der Waals surface area contributed by atoms with Crippen LogP contribution in [-0.2, 0) is 14.8 Å². The fraction of sp³-hybridized carbons (Fsp3) is 0.200. The standard InChI is InChI=1S/C15H15N3O4S/c1-3-22-15(19)14-8(2)13-10-6-9(23(16,20)21)4-5-11(10)18-12(13)7-17-14/h4-7,18H,3H2,1-2H3,(H2,16,20,21). The number of nitrogens with two attached hydrogens (primary N) is 1. The number of carbonyl (C=O) groups is 1. The zero-order valence-electron chi connectivity index (χ0n) is 12.6. The smallest absolute Gasteiger partial charge is 0.357 e. The number of nitrogens with one attached hydrogen (secondary N) is 1. The maximum Gasteiger partial charge on any atom is 0.357 e. The number of benzene rings is 1. The molecule has 0 atom stereocenters. The second kappa shape index (κ2) is 5.32. The number of aryl methyl sites for hydroxylation is 1. The van der Waals surface area contributed by atoms with Crippen LogP contribution < -0.4 is 5.14 Å². The van der Waals surface area contributed by atoms with Gasteiger partial charge < -0.3 is 9.72 Å². The molecule has 3 N–H and O–H groups in total. The Kier molecular flexibility index (Phi) is 3.57. The first-order valence-corrected chi connectivity index (χ1v) is 8.48. The number of ether oxygens (including phenoxy) is 1. The summed E-state index contributed by atoms with van der Waals surface area (Å²) in [4.78, 5) is 19.3. The normalized spacial score (nSPS) is 12.0. The first kappa shape index (κ1) is 15.4. The number of hydrogen-bond donors (Lipinski definition) is 2. The quantitative estimate of drug-likeness (QED) is 0.710. The number of aromatic nitrogens is 2. The van der Waals surface area contributed by atoms with Crippen molar-refractivity contribution in [3.8, 4) is 0 Å². The van der Waals surface area contributed by atoms with Gasteiger partial charge in [0.1, 0.15) is 0 Å². The van der Waals surface area contributed by atoms with E-state index in [0.29, 0.717) is 16.5 Å².